The molecule has 10 nitrogen and oxygen atoms in total. The molecule has 1 saturated carbocycles. The zero-order chi connectivity index (χ0) is 27.2. The van der Waals surface area contributed by atoms with E-state index in [9.17, 15) is 9.59 Å². The van der Waals surface area contributed by atoms with Crippen LogP contribution in [0, 0.1) is 23.7 Å². The zero-order valence-corrected chi connectivity index (χ0v) is 24.3. The van der Waals surface area contributed by atoms with E-state index in [1.54, 1.807) is 0 Å². The number of carbonyl (C=O) groups is 2. The molecule has 0 aromatic carbocycles. The fourth-order valence-electron chi connectivity index (χ4n) is 8.11. The van der Waals surface area contributed by atoms with E-state index in [4.69, 9.17) is 24.0 Å². The number of alkyl carbamates (subject to hydrolysis) is 1. The van der Waals surface area contributed by atoms with E-state index < -0.39 is 17.7 Å². The number of urea groups is 1. The van der Waals surface area contributed by atoms with E-state index in [-0.39, 0.29) is 42.1 Å². The zero-order valence-electron chi connectivity index (χ0n) is 23.4. The van der Waals surface area contributed by atoms with Gasteiger partial charge in [-0.15, -0.1) is 0 Å². The van der Waals surface area contributed by atoms with Gasteiger partial charge in [0.05, 0.1) is 24.8 Å². The number of unbranched alkanes of at least 4 members (excludes halogenated alkanes) is 2. The molecule has 6 aliphatic heterocycles. The van der Waals surface area contributed by atoms with E-state index in [0.717, 1.165) is 50.7 Å². The number of thioether (sulfide) groups is 1. The molecule has 6 saturated heterocycles. The van der Waals surface area contributed by atoms with Crippen molar-refractivity contribution in [3.05, 3.63) is 0 Å². The number of rotatable bonds is 9. The van der Waals surface area contributed by atoms with Gasteiger partial charge in [0.25, 0.3) is 0 Å². The van der Waals surface area contributed by atoms with Gasteiger partial charge in [0.15, 0.2) is 11.9 Å². The molecule has 7 rings (SSSR count). The number of fused-ring (bicyclic) bond motifs is 3. The van der Waals surface area contributed by atoms with Crippen LogP contribution in [0.25, 0.3) is 0 Å². The van der Waals surface area contributed by atoms with Gasteiger partial charge in [-0.25, -0.2) is 19.4 Å². The van der Waals surface area contributed by atoms with Gasteiger partial charge in [0, 0.05) is 36.3 Å². The van der Waals surface area contributed by atoms with Gasteiger partial charge >= 0.3 is 12.1 Å². The first-order chi connectivity index (χ1) is 18.8. The topological polar surface area (TPSA) is 116 Å². The lowest BCUT2D eigenvalue weighted by Gasteiger charge is -2.60. The minimum atomic E-state index is -0.777. The molecule has 11 atom stereocenters. The van der Waals surface area contributed by atoms with Gasteiger partial charge in [0.1, 0.15) is 0 Å². The van der Waals surface area contributed by atoms with E-state index in [1.807, 2.05) is 18.7 Å². The van der Waals surface area contributed by atoms with Crippen LogP contribution >= 0.6 is 11.8 Å². The number of ether oxygens (including phenoxy) is 3. The molecular formula is C28H45N3O7S. The molecule has 0 unspecified atom stereocenters. The normalized spacial score (nSPS) is 46.0. The average Bonchev–Trinajstić information content (AvgIpc) is 3.36. The third-order valence-corrected chi connectivity index (χ3v) is 11.8. The Morgan fingerprint density at radius 3 is 2.85 bits per heavy atom. The lowest BCUT2D eigenvalue weighted by atomic mass is 9.57. The summed E-state index contributed by atoms with van der Waals surface area (Å²) in [4.78, 5) is 35.9. The maximum absolute atomic E-state index is 12.3. The van der Waals surface area contributed by atoms with Crippen LogP contribution in [0.4, 0.5) is 9.59 Å². The Balaban J connectivity index is 0.909. The number of hydrogen-bond donors (Lipinski definition) is 3. The molecule has 220 valence electrons. The molecule has 0 aromatic rings. The second kappa shape index (κ2) is 11.2. The van der Waals surface area contributed by atoms with Crippen molar-refractivity contribution in [2.75, 3.05) is 18.9 Å². The minimum Gasteiger partial charge on any atom is -0.449 e. The van der Waals surface area contributed by atoms with Crippen LogP contribution in [-0.4, -0.2) is 72.1 Å². The molecule has 39 heavy (non-hydrogen) atoms. The lowest BCUT2D eigenvalue weighted by molar-refractivity contribution is -0.571. The third kappa shape index (κ3) is 5.27. The maximum atomic E-state index is 12.3. The molecule has 0 radical (unpaired) electrons. The van der Waals surface area contributed by atoms with Gasteiger partial charge in [-0.2, -0.15) is 11.8 Å². The number of carbonyl (C=O) groups excluding carboxylic acids is 2. The third-order valence-electron chi connectivity index (χ3n) is 10.3. The Bertz CT molecular complexity index is 928. The van der Waals surface area contributed by atoms with Crippen molar-refractivity contribution in [3.63, 3.8) is 0 Å². The van der Waals surface area contributed by atoms with Gasteiger partial charge in [-0.3, -0.25) is 0 Å². The van der Waals surface area contributed by atoms with Crippen molar-refractivity contribution in [1.82, 2.24) is 16.0 Å². The molecule has 7 fully saturated rings. The van der Waals surface area contributed by atoms with E-state index >= 15 is 0 Å². The Kier molecular flexibility index (Phi) is 8.00. The first kappa shape index (κ1) is 27.9. The Labute approximate surface area is 235 Å². The summed E-state index contributed by atoms with van der Waals surface area (Å²) in [5.41, 5.74) is -0.554. The summed E-state index contributed by atoms with van der Waals surface area (Å²) in [5.74, 6) is 1.64. The van der Waals surface area contributed by atoms with Crippen LogP contribution < -0.4 is 16.0 Å². The SMILES string of the molecule is C[C@H]1[C@@H](CCOC(=O)NCCCCC[C@@H]2SC[C@@H]3NC(=O)N[C@@H]32)O[C@@H]2O[C@]3(C)CC[C@H]4[C@H](C)CC[C@@H]1[C@@]24OO3. The van der Waals surface area contributed by atoms with Crippen LogP contribution in [0.1, 0.15) is 78.6 Å². The van der Waals surface area contributed by atoms with Crippen molar-refractivity contribution in [3.8, 4) is 0 Å². The summed E-state index contributed by atoms with van der Waals surface area (Å²) in [7, 11) is 0. The summed E-state index contributed by atoms with van der Waals surface area (Å²) in [6, 6.07) is 0.496. The predicted octanol–water partition coefficient (Wildman–Crippen LogP) is 4.08. The summed E-state index contributed by atoms with van der Waals surface area (Å²) >= 11 is 1.94. The summed E-state index contributed by atoms with van der Waals surface area (Å²) in [6.45, 7) is 7.40. The van der Waals surface area contributed by atoms with E-state index in [0.29, 0.717) is 36.7 Å². The molecule has 11 heteroatoms. The smallest absolute Gasteiger partial charge is 0.407 e. The molecule has 2 bridgehead atoms. The Morgan fingerprint density at radius 1 is 1.10 bits per heavy atom. The highest BCUT2D eigenvalue weighted by atomic mass is 32.2. The second-order valence-electron chi connectivity index (χ2n) is 12.8. The van der Waals surface area contributed by atoms with Crippen molar-refractivity contribution in [2.45, 2.75) is 120 Å². The van der Waals surface area contributed by atoms with Crippen LogP contribution in [0.5, 0.6) is 0 Å². The molecule has 6 heterocycles. The standard InChI is InChI=1S/C28H45N3O7S/c1-16-8-9-19-17(2)21(35-24-28(19)18(16)10-12-27(3,36-24)37-38-28)11-14-34-26(33)29-13-6-4-5-7-22-23-20(15-39-22)30-25(32)31-23/h16-24H,4-15H2,1-3H3,(H,29,33)(H2,30,31,32)/t16-,17-,18+,19+,20+,21-,22+,23+,24-,27+,28-/m1/s1. The average molecular weight is 568 g/mol. The van der Waals surface area contributed by atoms with Crippen molar-refractivity contribution in [1.29, 1.82) is 0 Å². The number of amides is 3. The predicted molar refractivity (Wildman–Crippen MR) is 145 cm³/mol. The quantitative estimate of drug-likeness (QED) is 0.217. The maximum Gasteiger partial charge on any atom is 0.407 e. The van der Waals surface area contributed by atoms with E-state index in [1.165, 1.54) is 6.42 Å². The van der Waals surface area contributed by atoms with E-state index in [2.05, 4.69) is 29.8 Å². The first-order valence-electron chi connectivity index (χ1n) is 15.1. The largest absolute Gasteiger partial charge is 0.449 e. The summed E-state index contributed by atoms with van der Waals surface area (Å²) < 4.78 is 18.5. The lowest BCUT2D eigenvalue weighted by Crippen LogP contribution is -2.70. The highest BCUT2D eigenvalue weighted by Gasteiger charge is 2.69. The fraction of sp³-hybridized carbons (Fsp3) is 0.929. The first-order valence-corrected chi connectivity index (χ1v) is 16.1. The van der Waals surface area contributed by atoms with Crippen LogP contribution in [-0.2, 0) is 24.0 Å². The van der Waals surface area contributed by atoms with Crippen LogP contribution in [0.2, 0.25) is 0 Å². The number of nitrogens with one attached hydrogen (secondary N) is 3. The molecule has 7 aliphatic rings. The molecule has 0 aromatic heterocycles. The molecule has 3 amide bonds. The van der Waals surface area contributed by atoms with Crippen molar-refractivity contribution < 1.29 is 33.6 Å². The van der Waals surface area contributed by atoms with Crippen molar-refractivity contribution >= 4 is 23.9 Å². The monoisotopic (exact) mass is 567 g/mol. The molecule has 1 spiro atoms. The second-order valence-corrected chi connectivity index (χ2v) is 14.0. The summed E-state index contributed by atoms with van der Waals surface area (Å²) in [6.07, 6.45) is 7.92. The van der Waals surface area contributed by atoms with Crippen LogP contribution in [0.15, 0.2) is 0 Å². The van der Waals surface area contributed by atoms with Gasteiger partial charge in [-0.05, 0) is 56.8 Å². The Hall–Kier alpha value is -1.27. The van der Waals surface area contributed by atoms with Gasteiger partial charge in [0.2, 0.25) is 5.79 Å². The van der Waals surface area contributed by atoms with Crippen molar-refractivity contribution in [2.24, 2.45) is 23.7 Å². The highest BCUT2D eigenvalue weighted by molar-refractivity contribution is 8.00. The minimum absolute atomic E-state index is 0.0357. The molecular weight excluding hydrogens is 522 g/mol. The molecule has 1 aliphatic carbocycles. The summed E-state index contributed by atoms with van der Waals surface area (Å²) in [5, 5.41) is 9.40. The number of hydrogen-bond acceptors (Lipinski definition) is 8. The van der Waals surface area contributed by atoms with Crippen LogP contribution in [0.3, 0.4) is 0 Å². The Morgan fingerprint density at radius 2 is 1.97 bits per heavy atom. The highest BCUT2D eigenvalue weighted by Crippen LogP contribution is 2.60. The fourth-order valence-corrected chi connectivity index (χ4v) is 9.65. The molecule has 3 N–H and O–H groups in total. The van der Waals surface area contributed by atoms with Gasteiger partial charge < -0.3 is 30.2 Å². The van der Waals surface area contributed by atoms with Gasteiger partial charge in [-0.1, -0.05) is 26.7 Å².